The normalized spacial score (nSPS) is 12.6. The molecule has 0 amide bonds. The highest BCUT2D eigenvalue weighted by molar-refractivity contribution is 5.84. The van der Waals surface area contributed by atoms with Crippen LogP contribution >= 0.6 is 0 Å². The lowest BCUT2D eigenvalue weighted by Crippen LogP contribution is -2.08. The van der Waals surface area contributed by atoms with Crippen LogP contribution < -0.4 is 0 Å². The first-order valence-electron chi connectivity index (χ1n) is 5.48. The molecule has 0 spiro atoms. The Morgan fingerprint density at radius 2 is 2.35 bits per heavy atom. The van der Waals surface area contributed by atoms with Crippen molar-refractivity contribution in [2.24, 2.45) is 0 Å². The van der Waals surface area contributed by atoms with Crippen LogP contribution in [-0.2, 0) is 6.42 Å². The van der Waals surface area contributed by atoms with Crippen LogP contribution in [0.2, 0.25) is 0 Å². The summed E-state index contributed by atoms with van der Waals surface area (Å²) in [6, 6.07) is 3.10. The van der Waals surface area contributed by atoms with Crippen LogP contribution in [0.15, 0.2) is 28.9 Å². The van der Waals surface area contributed by atoms with E-state index in [4.69, 9.17) is 9.52 Å². The Morgan fingerprint density at radius 1 is 1.59 bits per heavy atom. The molecule has 2 aromatic heterocycles. The third kappa shape index (κ3) is 2.08. The molecule has 1 N–H and O–H groups in total. The van der Waals surface area contributed by atoms with Crippen molar-refractivity contribution in [2.75, 3.05) is 0 Å². The molecule has 2 heterocycles. The minimum Gasteiger partial charge on any atom is -0.475 e. The summed E-state index contributed by atoms with van der Waals surface area (Å²) in [6.45, 7) is 3.97. The maximum atomic E-state index is 10.7. The van der Waals surface area contributed by atoms with Gasteiger partial charge in [-0.05, 0) is 19.1 Å². The quantitative estimate of drug-likeness (QED) is 0.881. The predicted octanol–water partition coefficient (Wildman–Crippen LogP) is 2.35. The molecular weight excluding hydrogens is 220 g/mol. The average Bonchev–Trinajstić information content (AvgIpc) is 2.96. The molecule has 0 aromatic carbocycles. The van der Waals surface area contributed by atoms with Crippen molar-refractivity contribution in [2.45, 2.75) is 26.3 Å². The Labute approximate surface area is 98.7 Å². The lowest BCUT2D eigenvalue weighted by atomic mass is 10.2. The van der Waals surface area contributed by atoms with Crippen molar-refractivity contribution in [3.63, 3.8) is 0 Å². The summed E-state index contributed by atoms with van der Waals surface area (Å²) in [5.74, 6) is 0.482. The molecule has 0 fully saturated rings. The van der Waals surface area contributed by atoms with Gasteiger partial charge >= 0.3 is 5.97 Å². The molecule has 90 valence electrons. The van der Waals surface area contributed by atoms with Gasteiger partial charge in [-0.3, -0.25) is 0 Å². The first-order valence-corrected chi connectivity index (χ1v) is 5.48. The molecule has 2 rings (SSSR count). The smallest absolute Gasteiger partial charge is 0.371 e. The molecule has 17 heavy (non-hydrogen) atoms. The Balaban J connectivity index is 2.30. The molecule has 0 saturated carbocycles. The van der Waals surface area contributed by atoms with E-state index >= 15 is 0 Å². The van der Waals surface area contributed by atoms with E-state index in [0.717, 1.165) is 12.2 Å². The highest BCUT2D eigenvalue weighted by Crippen LogP contribution is 2.22. The van der Waals surface area contributed by atoms with Crippen LogP contribution in [0.25, 0.3) is 0 Å². The Kier molecular flexibility index (Phi) is 2.99. The number of imidazole rings is 1. The maximum absolute atomic E-state index is 10.7. The minimum absolute atomic E-state index is 0.0370. The molecule has 5 nitrogen and oxygen atoms in total. The van der Waals surface area contributed by atoms with Gasteiger partial charge in [-0.25, -0.2) is 9.78 Å². The summed E-state index contributed by atoms with van der Waals surface area (Å²) in [5, 5.41) is 8.80. The number of rotatable bonds is 4. The number of aromatic carboxylic acids is 1. The van der Waals surface area contributed by atoms with E-state index in [1.54, 1.807) is 12.3 Å². The molecule has 1 atom stereocenters. The zero-order chi connectivity index (χ0) is 12.4. The van der Waals surface area contributed by atoms with Gasteiger partial charge in [0.2, 0.25) is 5.76 Å². The van der Waals surface area contributed by atoms with Crippen LogP contribution in [0.3, 0.4) is 0 Å². The summed E-state index contributed by atoms with van der Waals surface area (Å²) in [4.78, 5) is 15.0. The largest absolute Gasteiger partial charge is 0.475 e. The average molecular weight is 234 g/mol. The topological polar surface area (TPSA) is 68.3 Å². The summed E-state index contributed by atoms with van der Waals surface area (Å²) in [7, 11) is 0. The summed E-state index contributed by atoms with van der Waals surface area (Å²) in [6.07, 6.45) is 4.42. The monoisotopic (exact) mass is 234 g/mol. The zero-order valence-corrected chi connectivity index (χ0v) is 9.75. The van der Waals surface area contributed by atoms with Crippen LogP contribution in [0.1, 0.15) is 42.0 Å². The summed E-state index contributed by atoms with van der Waals surface area (Å²) >= 11 is 0. The second kappa shape index (κ2) is 4.45. The van der Waals surface area contributed by atoms with Crippen molar-refractivity contribution < 1.29 is 14.3 Å². The molecular formula is C12H14N2O3. The van der Waals surface area contributed by atoms with Gasteiger partial charge in [-0.1, -0.05) is 6.92 Å². The van der Waals surface area contributed by atoms with Gasteiger partial charge in [-0.2, -0.15) is 0 Å². The summed E-state index contributed by atoms with van der Waals surface area (Å²) < 4.78 is 7.26. The molecule has 5 heteroatoms. The number of aromatic nitrogens is 2. The number of carbonyl (C=O) groups is 1. The molecule has 0 bridgehead atoms. The number of hydrogen-bond acceptors (Lipinski definition) is 3. The Morgan fingerprint density at radius 3 is 2.94 bits per heavy atom. The Bertz CT molecular complexity index is 527. The SMILES string of the molecule is CCc1nccn1C(C)c1ccc(C(=O)O)o1. The lowest BCUT2D eigenvalue weighted by molar-refractivity contribution is 0.0659. The van der Waals surface area contributed by atoms with Gasteiger partial charge in [-0.15, -0.1) is 0 Å². The fourth-order valence-electron chi connectivity index (χ4n) is 1.80. The number of carboxylic acid groups (broad SMARTS) is 1. The third-order valence-corrected chi connectivity index (χ3v) is 2.73. The van der Waals surface area contributed by atoms with Crippen molar-refractivity contribution >= 4 is 5.97 Å². The molecule has 0 saturated heterocycles. The van der Waals surface area contributed by atoms with Crippen molar-refractivity contribution in [3.8, 4) is 0 Å². The van der Waals surface area contributed by atoms with E-state index in [1.165, 1.54) is 6.07 Å². The second-order valence-corrected chi connectivity index (χ2v) is 3.79. The highest BCUT2D eigenvalue weighted by Gasteiger charge is 2.16. The number of furan rings is 1. The first-order chi connectivity index (χ1) is 8.13. The van der Waals surface area contributed by atoms with Gasteiger partial charge in [0.05, 0.1) is 6.04 Å². The van der Waals surface area contributed by atoms with Gasteiger partial charge in [0, 0.05) is 18.8 Å². The zero-order valence-electron chi connectivity index (χ0n) is 9.75. The van der Waals surface area contributed by atoms with Gasteiger partial charge in [0.25, 0.3) is 0 Å². The predicted molar refractivity (Wildman–Crippen MR) is 61.1 cm³/mol. The van der Waals surface area contributed by atoms with Crippen LogP contribution in [0, 0.1) is 0 Å². The molecule has 2 aromatic rings. The molecule has 0 radical (unpaired) electrons. The van der Waals surface area contributed by atoms with Crippen molar-refractivity contribution in [1.29, 1.82) is 0 Å². The Hall–Kier alpha value is -2.04. The minimum atomic E-state index is -1.05. The highest BCUT2D eigenvalue weighted by atomic mass is 16.4. The second-order valence-electron chi connectivity index (χ2n) is 3.79. The fraction of sp³-hybridized carbons (Fsp3) is 0.333. The number of hydrogen-bond donors (Lipinski definition) is 1. The van der Waals surface area contributed by atoms with E-state index in [2.05, 4.69) is 4.98 Å². The van der Waals surface area contributed by atoms with Gasteiger partial charge in [0.1, 0.15) is 11.6 Å². The molecule has 1 unspecified atom stereocenters. The van der Waals surface area contributed by atoms with Crippen LogP contribution in [0.4, 0.5) is 0 Å². The third-order valence-electron chi connectivity index (χ3n) is 2.73. The van der Waals surface area contributed by atoms with Crippen LogP contribution in [0.5, 0.6) is 0 Å². The maximum Gasteiger partial charge on any atom is 0.371 e. The number of aryl methyl sites for hydroxylation is 1. The van der Waals surface area contributed by atoms with Crippen LogP contribution in [-0.4, -0.2) is 20.6 Å². The van der Waals surface area contributed by atoms with Gasteiger partial charge < -0.3 is 14.1 Å². The first kappa shape index (κ1) is 11.4. The lowest BCUT2D eigenvalue weighted by Gasteiger charge is -2.13. The van der Waals surface area contributed by atoms with E-state index in [1.807, 2.05) is 24.6 Å². The van der Waals surface area contributed by atoms with Crippen molar-refractivity contribution in [1.82, 2.24) is 9.55 Å². The van der Waals surface area contributed by atoms with E-state index in [9.17, 15) is 4.79 Å². The van der Waals surface area contributed by atoms with E-state index in [0.29, 0.717) is 5.76 Å². The summed E-state index contributed by atoms with van der Waals surface area (Å²) in [5.41, 5.74) is 0. The standard InChI is InChI=1S/C12H14N2O3/c1-3-11-13-6-7-14(11)8(2)9-4-5-10(17-9)12(15)16/h4-8H,3H2,1-2H3,(H,15,16). The molecule has 0 aliphatic heterocycles. The number of carboxylic acids is 1. The fourth-order valence-corrected chi connectivity index (χ4v) is 1.80. The molecule has 0 aliphatic rings. The van der Waals surface area contributed by atoms with E-state index < -0.39 is 5.97 Å². The van der Waals surface area contributed by atoms with Crippen molar-refractivity contribution in [3.05, 3.63) is 41.9 Å². The van der Waals surface area contributed by atoms with Gasteiger partial charge in [0.15, 0.2) is 0 Å². The van der Waals surface area contributed by atoms with E-state index in [-0.39, 0.29) is 11.8 Å². The number of nitrogens with zero attached hydrogens (tertiary/aromatic N) is 2. The molecule has 0 aliphatic carbocycles.